The van der Waals surface area contributed by atoms with Gasteiger partial charge in [-0.1, -0.05) is 76.2 Å². The van der Waals surface area contributed by atoms with Gasteiger partial charge in [0, 0.05) is 33.3 Å². The van der Waals surface area contributed by atoms with Crippen LogP contribution in [0.4, 0.5) is 0 Å². The topological polar surface area (TPSA) is 53.7 Å². The Hall–Kier alpha value is -6.34. The van der Waals surface area contributed by atoms with Crippen LogP contribution in [0.25, 0.3) is 67.1 Å². The number of nitrogens with zero attached hydrogens (tertiary/aromatic N) is 6. The Kier molecular flexibility index (Phi) is 5.40. The molecular weight excluding hydrogens is 629 g/mol. The van der Waals surface area contributed by atoms with Gasteiger partial charge in [-0.25, -0.2) is 9.97 Å². The zero-order chi connectivity index (χ0) is 34.2. The van der Waals surface area contributed by atoms with Gasteiger partial charge in [0.1, 0.15) is 11.5 Å². The SMILES string of the molecule is CC1(C)c2cc(-n3c4ccccc4n4c5ccccc5nc34)ccc2Oc2ccc(-n3c4ccccc4n4c5ccccc5nc34)cc2C1(C)C. The van der Waals surface area contributed by atoms with Crippen molar-refractivity contribution in [3.8, 4) is 22.9 Å². The van der Waals surface area contributed by atoms with E-state index in [2.05, 4.69) is 167 Å². The quantitative estimate of drug-likeness (QED) is 0.185. The summed E-state index contributed by atoms with van der Waals surface area (Å²) in [6.07, 6.45) is 0. The van der Waals surface area contributed by atoms with Crippen LogP contribution in [0.1, 0.15) is 38.8 Å². The molecule has 0 spiro atoms. The Balaban J connectivity index is 1.10. The molecule has 0 fully saturated rings. The van der Waals surface area contributed by atoms with Gasteiger partial charge < -0.3 is 4.74 Å². The van der Waals surface area contributed by atoms with Gasteiger partial charge in [-0.2, -0.15) is 0 Å². The molecule has 0 unspecified atom stereocenters. The van der Waals surface area contributed by atoms with E-state index in [9.17, 15) is 0 Å². The number of hydrogen-bond donors (Lipinski definition) is 0. The van der Waals surface area contributed by atoms with Crippen LogP contribution in [0, 0.1) is 0 Å². The van der Waals surface area contributed by atoms with E-state index in [0.29, 0.717) is 0 Å². The first kappa shape index (κ1) is 28.5. The summed E-state index contributed by atoms with van der Waals surface area (Å²) in [5.74, 6) is 3.54. The number of imidazole rings is 4. The highest BCUT2D eigenvalue weighted by Crippen LogP contribution is 2.54. The number of para-hydroxylation sites is 8. The van der Waals surface area contributed by atoms with Gasteiger partial charge in [0.05, 0.1) is 44.1 Å². The number of hydrogen-bond acceptors (Lipinski definition) is 3. The van der Waals surface area contributed by atoms with Crippen molar-refractivity contribution in [3.05, 3.63) is 145 Å². The van der Waals surface area contributed by atoms with Crippen LogP contribution in [0.15, 0.2) is 133 Å². The van der Waals surface area contributed by atoms with Crippen LogP contribution >= 0.6 is 0 Å². The molecule has 5 heterocycles. The Labute approximate surface area is 293 Å². The minimum atomic E-state index is -0.322. The molecule has 0 aliphatic carbocycles. The highest BCUT2D eigenvalue weighted by atomic mass is 16.5. The first-order valence-corrected chi connectivity index (χ1v) is 17.5. The van der Waals surface area contributed by atoms with Gasteiger partial charge in [0.25, 0.3) is 0 Å². The maximum absolute atomic E-state index is 6.90. The van der Waals surface area contributed by atoms with Crippen LogP contribution in [-0.4, -0.2) is 27.9 Å². The number of aromatic nitrogens is 6. The maximum Gasteiger partial charge on any atom is 0.220 e. The lowest BCUT2D eigenvalue weighted by atomic mass is 9.61. The summed E-state index contributed by atoms with van der Waals surface area (Å²) in [5, 5.41) is 0. The van der Waals surface area contributed by atoms with E-state index in [4.69, 9.17) is 14.7 Å². The first-order chi connectivity index (χ1) is 24.8. The Morgan fingerprint density at radius 1 is 0.431 bits per heavy atom. The van der Waals surface area contributed by atoms with E-state index in [1.54, 1.807) is 0 Å². The fourth-order valence-corrected chi connectivity index (χ4v) is 8.47. The molecule has 1 aliphatic heterocycles. The minimum absolute atomic E-state index is 0.322. The second kappa shape index (κ2) is 9.67. The van der Waals surface area contributed by atoms with Gasteiger partial charge in [0.2, 0.25) is 11.6 Å². The summed E-state index contributed by atoms with van der Waals surface area (Å²) in [4.78, 5) is 10.3. The van der Waals surface area contributed by atoms with E-state index in [0.717, 1.165) is 89.7 Å². The van der Waals surface area contributed by atoms with Crippen molar-refractivity contribution in [1.82, 2.24) is 27.9 Å². The number of ether oxygens (including phenoxy) is 1. The Morgan fingerprint density at radius 2 is 0.804 bits per heavy atom. The van der Waals surface area contributed by atoms with Crippen LogP contribution < -0.4 is 4.74 Å². The largest absolute Gasteiger partial charge is 0.457 e. The average molecular weight is 663 g/mol. The van der Waals surface area contributed by atoms with Gasteiger partial charge in [-0.3, -0.25) is 17.9 Å². The number of benzene rings is 6. The second-order valence-electron chi connectivity index (χ2n) is 14.8. The molecule has 1 aliphatic rings. The van der Waals surface area contributed by atoms with Gasteiger partial charge in [-0.15, -0.1) is 0 Å². The fourth-order valence-electron chi connectivity index (χ4n) is 8.47. The summed E-state index contributed by atoms with van der Waals surface area (Å²) in [7, 11) is 0. The molecule has 11 rings (SSSR count). The molecule has 0 saturated heterocycles. The van der Waals surface area contributed by atoms with Crippen LogP contribution in [0.5, 0.6) is 11.5 Å². The second-order valence-corrected chi connectivity index (χ2v) is 14.8. The third-order valence-corrected chi connectivity index (χ3v) is 11.8. The number of fused-ring (bicyclic) bond motifs is 12. The molecule has 10 aromatic rings. The summed E-state index contributed by atoms with van der Waals surface area (Å²) < 4.78 is 16.0. The third-order valence-electron chi connectivity index (χ3n) is 11.8. The average Bonchev–Trinajstić information content (AvgIpc) is 3.87. The van der Waals surface area contributed by atoms with Crippen LogP contribution in [-0.2, 0) is 10.8 Å². The molecule has 0 radical (unpaired) electrons. The van der Waals surface area contributed by atoms with E-state index in [-0.39, 0.29) is 10.8 Å². The molecule has 0 saturated carbocycles. The molecule has 7 nitrogen and oxygen atoms in total. The molecule has 0 amide bonds. The van der Waals surface area contributed by atoms with E-state index < -0.39 is 0 Å². The Morgan fingerprint density at radius 3 is 1.24 bits per heavy atom. The van der Waals surface area contributed by atoms with Crippen molar-refractivity contribution < 1.29 is 4.74 Å². The summed E-state index contributed by atoms with van der Waals surface area (Å²) in [6, 6.07) is 47.0. The third kappa shape index (κ3) is 3.62. The molecule has 4 aromatic heterocycles. The molecule has 0 atom stereocenters. The Bertz CT molecular complexity index is 2870. The highest BCUT2D eigenvalue weighted by molar-refractivity contribution is 5.93. The zero-order valence-electron chi connectivity index (χ0n) is 28.8. The molecule has 0 bridgehead atoms. The first-order valence-electron chi connectivity index (χ1n) is 17.5. The van der Waals surface area contributed by atoms with Crippen molar-refractivity contribution in [2.75, 3.05) is 0 Å². The molecule has 6 aromatic carbocycles. The highest BCUT2D eigenvalue weighted by Gasteiger charge is 2.45. The van der Waals surface area contributed by atoms with E-state index >= 15 is 0 Å². The lowest BCUT2D eigenvalue weighted by Gasteiger charge is -2.41. The summed E-state index contributed by atoms with van der Waals surface area (Å²) >= 11 is 0. The van der Waals surface area contributed by atoms with Crippen molar-refractivity contribution >= 4 is 55.7 Å². The predicted octanol–water partition coefficient (Wildman–Crippen LogP) is 10.5. The molecule has 246 valence electrons. The predicted molar refractivity (Wildman–Crippen MR) is 205 cm³/mol. The van der Waals surface area contributed by atoms with Crippen LogP contribution in [0.3, 0.4) is 0 Å². The maximum atomic E-state index is 6.90. The zero-order valence-corrected chi connectivity index (χ0v) is 28.8. The molecule has 0 N–H and O–H groups in total. The monoisotopic (exact) mass is 662 g/mol. The van der Waals surface area contributed by atoms with Crippen LogP contribution in [0.2, 0.25) is 0 Å². The van der Waals surface area contributed by atoms with Crippen molar-refractivity contribution in [2.24, 2.45) is 0 Å². The molecule has 51 heavy (non-hydrogen) atoms. The lowest BCUT2D eigenvalue weighted by Crippen LogP contribution is -2.39. The van der Waals surface area contributed by atoms with Crippen molar-refractivity contribution in [1.29, 1.82) is 0 Å². The summed E-state index contributed by atoms with van der Waals surface area (Å²) in [5.41, 5.74) is 12.4. The van der Waals surface area contributed by atoms with Crippen molar-refractivity contribution in [3.63, 3.8) is 0 Å². The minimum Gasteiger partial charge on any atom is -0.457 e. The van der Waals surface area contributed by atoms with Crippen molar-refractivity contribution in [2.45, 2.75) is 38.5 Å². The molecular formula is C44H34N6O. The fraction of sp³-hybridized carbons (Fsp3) is 0.136. The van der Waals surface area contributed by atoms with Gasteiger partial charge >= 0.3 is 0 Å². The smallest absolute Gasteiger partial charge is 0.220 e. The van der Waals surface area contributed by atoms with E-state index in [1.165, 1.54) is 0 Å². The lowest BCUT2D eigenvalue weighted by molar-refractivity contribution is 0.306. The number of rotatable bonds is 2. The normalized spacial score (nSPS) is 15.1. The van der Waals surface area contributed by atoms with E-state index in [1.807, 2.05) is 12.1 Å². The standard InChI is InChI=1S/C44H34N6O/c1-43(2)29-25-27(47-35-17-9-11-19-37(35)49-33-15-7-5-13-31(33)45-41(47)49)21-23-39(29)51-40-24-22-28(26-30(40)44(43,3)4)48-36-18-10-12-20-38(36)50-34-16-8-6-14-32(34)46-42(48)50/h5-26H,1-4H3. The summed E-state index contributed by atoms with van der Waals surface area (Å²) in [6.45, 7) is 9.38. The van der Waals surface area contributed by atoms with Gasteiger partial charge in [-0.05, 0) is 84.9 Å². The molecule has 7 heteroatoms. The van der Waals surface area contributed by atoms with Gasteiger partial charge in [0.15, 0.2) is 0 Å².